The number of rotatable bonds is 2. The van der Waals surface area contributed by atoms with Gasteiger partial charge in [-0.2, -0.15) is 0 Å². The number of hydrogen-bond donors (Lipinski definition) is 3. The maximum Gasteiger partial charge on any atom is 0.0628 e. The van der Waals surface area contributed by atoms with Crippen LogP contribution in [0.3, 0.4) is 0 Å². The van der Waals surface area contributed by atoms with Crippen molar-refractivity contribution < 1.29 is 0 Å². The lowest BCUT2D eigenvalue weighted by molar-refractivity contribution is 0.881. The molecule has 4 N–H and O–H groups in total. The minimum absolute atomic E-state index is 0.224. The van der Waals surface area contributed by atoms with Gasteiger partial charge in [0, 0.05) is 6.54 Å². The van der Waals surface area contributed by atoms with Crippen molar-refractivity contribution in [3.63, 3.8) is 0 Å². The summed E-state index contributed by atoms with van der Waals surface area (Å²) in [6.07, 6.45) is 0. The topological polar surface area (TPSA) is 52.0 Å². The van der Waals surface area contributed by atoms with Gasteiger partial charge in [0.15, 0.2) is 0 Å². The van der Waals surface area contributed by atoms with Crippen LogP contribution in [0, 0.1) is 0 Å². The van der Waals surface area contributed by atoms with E-state index >= 15 is 0 Å². The predicted octanol–water partition coefficient (Wildman–Crippen LogP) is -0.470. The Labute approximate surface area is 53.7 Å². The molecule has 0 fully saturated rings. The van der Waals surface area contributed by atoms with Gasteiger partial charge in [-0.15, -0.1) is 12.6 Å². The predicted molar refractivity (Wildman–Crippen MR) is 38.6 cm³/mol. The van der Waals surface area contributed by atoms with Crippen LogP contribution in [0.4, 0.5) is 0 Å². The molecule has 0 heterocycles. The van der Waals surface area contributed by atoms with Gasteiger partial charge in [0.05, 0.1) is 10.2 Å². The lowest BCUT2D eigenvalue weighted by atomic mass is 10.4. The van der Waals surface area contributed by atoms with Crippen LogP contribution in [0.5, 0.6) is 0 Å². The van der Waals surface area contributed by atoms with E-state index in [0.29, 0.717) is 10.7 Å². The Balaban J connectivity index is 3.34. The van der Waals surface area contributed by atoms with Gasteiger partial charge in [-0.1, -0.05) is 12.2 Å². The first-order valence-electron chi connectivity index (χ1n) is 1.87. The minimum Gasteiger partial charge on any atom is -0.329 e. The quantitative estimate of drug-likeness (QED) is 0.355. The van der Waals surface area contributed by atoms with E-state index in [4.69, 9.17) is 11.5 Å². The molecule has 1 atom stereocenters. The van der Waals surface area contributed by atoms with Gasteiger partial charge < -0.3 is 11.5 Å². The maximum absolute atomic E-state index is 5.27. The standard InChI is InChI=1S/C3H8N2S2/c4-1-2(5)3(6)7/h2H,1,4-5H2,(H,6,7). The van der Waals surface area contributed by atoms with E-state index < -0.39 is 0 Å². The molecule has 2 nitrogen and oxygen atoms in total. The molecule has 0 saturated heterocycles. The molecule has 0 bridgehead atoms. The van der Waals surface area contributed by atoms with Crippen LogP contribution in [0.15, 0.2) is 0 Å². The van der Waals surface area contributed by atoms with Crippen molar-refractivity contribution in [3.05, 3.63) is 0 Å². The summed E-state index contributed by atoms with van der Waals surface area (Å²) in [4.78, 5) is 0. The molecule has 0 aliphatic rings. The van der Waals surface area contributed by atoms with E-state index in [1.165, 1.54) is 0 Å². The monoisotopic (exact) mass is 136 g/mol. The van der Waals surface area contributed by atoms with Crippen molar-refractivity contribution in [1.29, 1.82) is 0 Å². The van der Waals surface area contributed by atoms with E-state index in [1.54, 1.807) is 0 Å². The molecule has 0 aliphatic heterocycles. The van der Waals surface area contributed by atoms with Crippen LogP contribution in [-0.4, -0.2) is 16.8 Å². The number of thiocarbonyl (C=S) groups is 1. The highest BCUT2D eigenvalue weighted by atomic mass is 32.1. The molecular formula is C3H8N2S2. The molecule has 0 aliphatic carbocycles. The molecule has 0 amide bonds. The van der Waals surface area contributed by atoms with Crippen molar-refractivity contribution in [2.75, 3.05) is 6.54 Å². The molecular weight excluding hydrogens is 128 g/mol. The summed E-state index contributed by atoms with van der Waals surface area (Å²) in [6, 6.07) is -0.224. The third-order valence-corrected chi connectivity index (χ3v) is 1.21. The zero-order valence-electron chi connectivity index (χ0n) is 3.79. The molecule has 0 rings (SSSR count). The lowest BCUT2D eigenvalue weighted by Gasteiger charge is -2.01. The SMILES string of the molecule is NCC(N)C(=S)S. The highest BCUT2D eigenvalue weighted by Gasteiger charge is 1.98. The van der Waals surface area contributed by atoms with E-state index in [9.17, 15) is 0 Å². The van der Waals surface area contributed by atoms with Crippen molar-refractivity contribution >= 4 is 29.0 Å². The summed E-state index contributed by atoms with van der Waals surface area (Å²) in [5.74, 6) is 0. The second kappa shape index (κ2) is 3.37. The van der Waals surface area contributed by atoms with Crippen LogP contribution in [-0.2, 0) is 0 Å². The Hall–Kier alpha value is 0.360. The van der Waals surface area contributed by atoms with Crippen LogP contribution in [0.25, 0.3) is 0 Å². The zero-order valence-corrected chi connectivity index (χ0v) is 5.51. The third-order valence-electron chi connectivity index (χ3n) is 0.571. The third kappa shape index (κ3) is 2.99. The van der Waals surface area contributed by atoms with Crippen molar-refractivity contribution in [2.24, 2.45) is 11.5 Å². The van der Waals surface area contributed by atoms with Gasteiger partial charge in [-0.25, -0.2) is 0 Å². The maximum atomic E-state index is 5.27. The summed E-state index contributed by atoms with van der Waals surface area (Å²) < 4.78 is 0.475. The fraction of sp³-hybridized carbons (Fsp3) is 0.667. The molecule has 0 aromatic rings. The summed E-state index contributed by atoms with van der Waals surface area (Å²) in [6.45, 7) is 0.377. The molecule has 0 radical (unpaired) electrons. The average Bonchev–Trinajstić information content (AvgIpc) is 1.65. The van der Waals surface area contributed by atoms with Gasteiger partial charge in [-0.05, 0) is 0 Å². The Morgan fingerprint density at radius 3 is 2.29 bits per heavy atom. The largest absolute Gasteiger partial charge is 0.329 e. The molecule has 0 saturated carbocycles. The number of nitrogens with two attached hydrogens (primary N) is 2. The highest BCUT2D eigenvalue weighted by molar-refractivity contribution is 8.11. The van der Waals surface area contributed by atoms with E-state index in [1.807, 2.05) is 0 Å². The zero-order chi connectivity index (χ0) is 5.86. The molecule has 0 spiro atoms. The van der Waals surface area contributed by atoms with Crippen molar-refractivity contribution in [1.82, 2.24) is 0 Å². The second-order valence-electron chi connectivity index (χ2n) is 1.18. The average molecular weight is 136 g/mol. The molecule has 42 valence electrons. The van der Waals surface area contributed by atoms with Crippen LogP contribution < -0.4 is 11.5 Å². The number of hydrogen-bond acceptors (Lipinski definition) is 3. The second-order valence-corrected chi connectivity index (χ2v) is 2.40. The lowest BCUT2D eigenvalue weighted by Crippen LogP contribution is -2.33. The first-order chi connectivity index (χ1) is 3.18. The summed E-state index contributed by atoms with van der Waals surface area (Å²) >= 11 is 8.38. The van der Waals surface area contributed by atoms with Crippen molar-refractivity contribution in [2.45, 2.75) is 6.04 Å². The Kier molecular flexibility index (Phi) is 3.55. The molecule has 4 heteroatoms. The van der Waals surface area contributed by atoms with Crippen LogP contribution in [0.1, 0.15) is 0 Å². The first-order valence-corrected chi connectivity index (χ1v) is 2.72. The summed E-state index contributed by atoms with van der Waals surface area (Å²) in [7, 11) is 0. The fourth-order valence-electron chi connectivity index (χ4n) is 0.101. The first kappa shape index (κ1) is 7.36. The van der Waals surface area contributed by atoms with Gasteiger partial charge in [0.2, 0.25) is 0 Å². The molecule has 1 unspecified atom stereocenters. The van der Waals surface area contributed by atoms with Crippen LogP contribution >= 0.6 is 24.8 Å². The smallest absolute Gasteiger partial charge is 0.0628 e. The fourth-order valence-corrected chi connectivity index (χ4v) is 0.302. The summed E-state index contributed by atoms with van der Waals surface area (Å²) in [5.41, 5.74) is 10.4. The molecule has 0 aromatic heterocycles. The van der Waals surface area contributed by atoms with E-state index in [0.717, 1.165) is 0 Å². The van der Waals surface area contributed by atoms with Gasteiger partial charge in [0.25, 0.3) is 0 Å². The Morgan fingerprint density at radius 1 is 1.86 bits per heavy atom. The normalized spacial score (nSPS) is 13.6. The Bertz CT molecular complexity index is 73.3. The highest BCUT2D eigenvalue weighted by Crippen LogP contribution is 1.86. The van der Waals surface area contributed by atoms with Gasteiger partial charge in [-0.3, -0.25) is 0 Å². The van der Waals surface area contributed by atoms with Gasteiger partial charge >= 0.3 is 0 Å². The Morgan fingerprint density at radius 2 is 2.29 bits per heavy atom. The van der Waals surface area contributed by atoms with E-state index in [-0.39, 0.29) is 6.04 Å². The number of thiol groups is 1. The summed E-state index contributed by atoms with van der Waals surface area (Å²) in [5, 5.41) is 0. The molecule has 7 heavy (non-hydrogen) atoms. The van der Waals surface area contributed by atoms with Crippen LogP contribution in [0.2, 0.25) is 0 Å². The van der Waals surface area contributed by atoms with E-state index in [2.05, 4.69) is 24.8 Å². The van der Waals surface area contributed by atoms with Crippen molar-refractivity contribution in [3.8, 4) is 0 Å². The molecule has 0 aromatic carbocycles. The minimum atomic E-state index is -0.224. The van der Waals surface area contributed by atoms with Gasteiger partial charge in [0.1, 0.15) is 0 Å².